The molecule has 2 amide bonds. The lowest BCUT2D eigenvalue weighted by molar-refractivity contribution is -0.127. The number of rotatable bonds is 8. The first-order valence-corrected chi connectivity index (χ1v) is 8.58. The minimum absolute atomic E-state index is 0.135. The lowest BCUT2D eigenvalue weighted by Gasteiger charge is -2.24. The monoisotopic (exact) mass is 353 g/mol. The average Bonchev–Trinajstić information content (AvgIpc) is 2.98. The molecule has 1 aliphatic heterocycles. The van der Waals surface area contributed by atoms with Gasteiger partial charge < -0.3 is 10.2 Å². The lowest BCUT2D eigenvalue weighted by Crippen LogP contribution is -2.37. The second-order valence-electron chi connectivity index (χ2n) is 6.45. The van der Waals surface area contributed by atoms with E-state index in [0.29, 0.717) is 25.1 Å². The van der Waals surface area contributed by atoms with Gasteiger partial charge in [0.15, 0.2) is 11.6 Å². The Morgan fingerprint density at radius 3 is 2.76 bits per heavy atom. The number of likely N-dealkylation sites (N-methyl/N-ethyl adjacent to an activating group) is 1. The van der Waals surface area contributed by atoms with Crippen molar-refractivity contribution in [3.05, 3.63) is 35.4 Å². The first kappa shape index (κ1) is 19.3. The molecule has 1 aliphatic rings. The number of nitrogens with one attached hydrogen (secondary N) is 1. The van der Waals surface area contributed by atoms with Crippen molar-refractivity contribution < 1.29 is 18.4 Å². The SMILES string of the molecule is CC(c1ccc(F)c(F)c1)N(C)CC(=O)NCCCN1CCCC1=O. The van der Waals surface area contributed by atoms with Gasteiger partial charge in [-0.1, -0.05) is 6.07 Å². The Labute approximate surface area is 147 Å². The molecule has 0 spiro atoms. The van der Waals surface area contributed by atoms with Gasteiger partial charge in [-0.25, -0.2) is 8.78 Å². The maximum atomic E-state index is 13.3. The zero-order valence-corrected chi connectivity index (χ0v) is 14.7. The molecule has 5 nitrogen and oxygen atoms in total. The van der Waals surface area contributed by atoms with Crippen molar-refractivity contribution in [2.45, 2.75) is 32.2 Å². The molecular weight excluding hydrogens is 328 g/mol. The van der Waals surface area contributed by atoms with Crippen LogP contribution in [-0.2, 0) is 9.59 Å². The molecule has 0 saturated carbocycles. The van der Waals surface area contributed by atoms with Crippen LogP contribution in [0.5, 0.6) is 0 Å². The summed E-state index contributed by atoms with van der Waals surface area (Å²) in [5, 5.41) is 2.83. The van der Waals surface area contributed by atoms with Gasteiger partial charge >= 0.3 is 0 Å². The summed E-state index contributed by atoms with van der Waals surface area (Å²) in [6, 6.07) is 3.55. The van der Waals surface area contributed by atoms with Gasteiger partial charge in [-0.2, -0.15) is 0 Å². The number of halogens is 2. The molecule has 1 heterocycles. The van der Waals surface area contributed by atoms with Crippen LogP contribution in [0.3, 0.4) is 0 Å². The number of benzene rings is 1. The van der Waals surface area contributed by atoms with E-state index in [1.54, 1.807) is 11.9 Å². The van der Waals surface area contributed by atoms with Crippen LogP contribution >= 0.6 is 0 Å². The quantitative estimate of drug-likeness (QED) is 0.728. The van der Waals surface area contributed by atoms with Gasteiger partial charge in [-0.15, -0.1) is 0 Å². The Kier molecular flexibility index (Phi) is 6.87. The summed E-state index contributed by atoms with van der Waals surface area (Å²) in [4.78, 5) is 27.1. The predicted octanol–water partition coefficient (Wildman–Crippen LogP) is 2.09. The Bertz CT molecular complexity index is 624. The van der Waals surface area contributed by atoms with Gasteiger partial charge in [-0.05, 0) is 44.5 Å². The van der Waals surface area contributed by atoms with E-state index in [4.69, 9.17) is 0 Å². The summed E-state index contributed by atoms with van der Waals surface area (Å²) in [7, 11) is 1.76. The van der Waals surface area contributed by atoms with E-state index in [1.165, 1.54) is 6.07 Å². The largest absolute Gasteiger partial charge is 0.355 e. The number of hydrogen-bond acceptors (Lipinski definition) is 3. The first-order valence-electron chi connectivity index (χ1n) is 8.58. The van der Waals surface area contributed by atoms with Crippen molar-refractivity contribution in [1.29, 1.82) is 0 Å². The van der Waals surface area contributed by atoms with Crippen LogP contribution in [0, 0.1) is 11.6 Å². The zero-order valence-electron chi connectivity index (χ0n) is 14.7. The fourth-order valence-corrected chi connectivity index (χ4v) is 2.88. The highest BCUT2D eigenvalue weighted by Crippen LogP contribution is 2.20. The molecule has 0 radical (unpaired) electrons. The molecule has 0 aromatic heterocycles. The summed E-state index contributed by atoms with van der Waals surface area (Å²) in [6.07, 6.45) is 2.26. The van der Waals surface area contributed by atoms with Gasteiger partial charge in [0.25, 0.3) is 0 Å². The second-order valence-corrected chi connectivity index (χ2v) is 6.45. The molecule has 25 heavy (non-hydrogen) atoms. The van der Waals surface area contributed by atoms with Crippen molar-refractivity contribution in [2.24, 2.45) is 0 Å². The number of nitrogens with zero attached hydrogens (tertiary/aromatic N) is 2. The van der Waals surface area contributed by atoms with E-state index >= 15 is 0 Å². The van der Waals surface area contributed by atoms with Gasteiger partial charge in [-0.3, -0.25) is 14.5 Å². The van der Waals surface area contributed by atoms with Gasteiger partial charge in [0.1, 0.15) is 0 Å². The molecular formula is C18H25F2N3O2. The van der Waals surface area contributed by atoms with Gasteiger partial charge in [0.2, 0.25) is 11.8 Å². The molecule has 2 rings (SSSR count). The van der Waals surface area contributed by atoms with Gasteiger partial charge in [0, 0.05) is 32.1 Å². The number of carbonyl (C=O) groups is 2. The molecule has 1 saturated heterocycles. The van der Waals surface area contributed by atoms with Gasteiger partial charge in [0.05, 0.1) is 6.54 Å². The minimum Gasteiger partial charge on any atom is -0.355 e. The van der Waals surface area contributed by atoms with Crippen molar-refractivity contribution in [2.75, 3.05) is 33.2 Å². The molecule has 0 bridgehead atoms. The van der Waals surface area contributed by atoms with Crippen LogP contribution in [0.2, 0.25) is 0 Å². The maximum absolute atomic E-state index is 13.3. The summed E-state index contributed by atoms with van der Waals surface area (Å²) < 4.78 is 26.3. The molecule has 1 fully saturated rings. The molecule has 1 atom stereocenters. The summed E-state index contributed by atoms with van der Waals surface area (Å²) in [5.74, 6) is -1.72. The van der Waals surface area contributed by atoms with Crippen LogP contribution in [0.15, 0.2) is 18.2 Å². The lowest BCUT2D eigenvalue weighted by atomic mass is 10.1. The van der Waals surface area contributed by atoms with Crippen LogP contribution in [0.25, 0.3) is 0 Å². The highest BCUT2D eigenvalue weighted by Gasteiger charge is 2.19. The number of hydrogen-bond donors (Lipinski definition) is 1. The van der Waals surface area contributed by atoms with Crippen LogP contribution in [0.4, 0.5) is 8.78 Å². The van der Waals surface area contributed by atoms with E-state index < -0.39 is 11.6 Å². The van der Waals surface area contributed by atoms with Crippen LogP contribution < -0.4 is 5.32 Å². The zero-order chi connectivity index (χ0) is 18.4. The third kappa shape index (κ3) is 5.49. The summed E-state index contributed by atoms with van der Waals surface area (Å²) in [5.41, 5.74) is 0.613. The van der Waals surface area contributed by atoms with Crippen LogP contribution in [-0.4, -0.2) is 54.8 Å². The Hall–Kier alpha value is -2.02. The van der Waals surface area contributed by atoms with E-state index in [0.717, 1.165) is 31.5 Å². The Morgan fingerprint density at radius 2 is 2.12 bits per heavy atom. The Morgan fingerprint density at radius 1 is 1.36 bits per heavy atom. The number of carbonyl (C=O) groups excluding carboxylic acids is 2. The molecule has 1 unspecified atom stereocenters. The normalized spacial score (nSPS) is 15.7. The van der Waals surface area contributed by atoms with Crippen molar-refractivity contribution >= 4 is 11.8 Å². The smallest absolute Gasteiger partial charge is 0.234 e. The molecule has 0 aliphatic carbocycles. The summed E-state index contributed by atoms with van der Waals surface area (Å²) in [6.45, 7) is 3.97. The molecule has 1 N–H and O–H groups in total. The van der Waals surface area contributed by atoms with E-state index in [-0.39, 0.29) is 24.4 Å². The average molecular weight is 353 g/mol. The second kappa shape index (κ2) is 8.89. The van der Waals surface area contributed by atoms with Crippen molar-refractivity contribution in [3.8, 4) is 0 Å². The fourth-order valence-electron chi connectivity index (χ4n) is 2.88. The maximum Gasteiger partial charge on any atom is 0.234 e. The molecule has 138 valence electrons. The fraction of sp³-hybridized carbons (Fsp3) is 0.556. The third-order valence-electron chi connectivity index (χ3n) is 4.58. The first-order chi connectivity index (χ1) is 11.9. The van der Waals surface area contributed by atoms with E-state index in [2.05, 4.69) is 5.32 Å². The predicted molar refractivity (Wildman–Crippen MR) is 90.8 cm³/mol. The van der Waals surface area contributed by atoms with E-state index in [1.807, 2.05) is 11.8 Å². The number of likely N-dealkylation sites (tertiary alicyclic amines) is 1. The highest BCUT2D eigenvalue weighted by molar-refractivity contribution is 5.78. The third-order valence-corrected chi connectivity index (χ3v) is 4.58. The van der Waals surface area contributed by atoms with Crippen molar-refractivity contribution in [1.82, 2.24) is 15.1 Å². The Balaban J connectivity index is 1.71. The highest BCUT2D eigenvalue weighted by atomic mass is 19.2. The van der Waals surface area contributed by atoms with E-state index in [9.17, 15) is 18.4 Å². The van der Waals surface area contributed by atoms with Crippen LogP contribution in [0.1, 0.15) is 37.8 Å². The topological polar surface area (TPSA) is 52.7 Å². The standard InChI is InChI=1S/C18H25F2N3O2/c1-13(14-6-7-15(19)16(20)11-14)22(2)12-17(24)21-8-4-10-23-9-3-5-18(23)25/h6-7,11,13H,3-5,8-10,12H2,1-2H3,(H,21,24). The number of amides is 2. The molecule has 1 aromatic carbocycles. The van der Waals surface area contributed by atoms with Crippen molar-refractivity contribution in [3.63, 3.8) is 0 Å². The molecule has 7 heteroatoms. The molecule has 1 aromatic rings. The summed E-state index contributed by atoms with van der Waals surface area (Å²) >= 11 is 0. The minimum atomic E-state index is -0.890.